The van der Waals surface area contributed by atoms with E-state index < -0.39 is 27.8 Å². The third kappa shape index (κ3) is 5.12. The van der Waals surface area contributed by atoms with Crippen molar-refractivity contribution < 1.29 is 17.6 Å². The number of benzene rings is 2. The quantitative estimate of drug-likeness (QED) is 0.723. The van der Waals surface area contributed by atoms with E-state index >= 15 is 0 Å². The maximum atomic E-state index is 13.5. The van der Waals surface area contributed by atoms with Gasteiger partial charge >= 0.3 is 0 Å². The Labute approximate surface area is 168 Å². The average molecular weight is 433 g/mol. The molecule has 0 aromatic heterocycles. The molecule has 0 spiro atoms. The van der Waals surface area contributed by atoms with E-state index in [0.717, 1.165) is 22.2 Å². The second-order valence-electron chi connectivity index (χ2n) is 6.03. The number of nitrogens with zero attached hydrogens (tertiary/aromatic N) is 1. The molecule has 0 saturated heterocycles. The highest BCUT2D eigenvalue weighted by atomic mass is 35.5. The van der Waals surface area contributed by atoms with Crippen molar-refractivity contribution in [2.24, 2.45) is 0 Å². The van der Waals surface area contributed by atoms with Crippen LogP contribution >= 0.6 is 23.2 Å². The van der Waals surface area contributed by atoms with Gasteiger partial charge in [0.1, 0.15) is 11.9 Å². The number of hydrogen-bond donors (Lipinski definition) is 1. The van der Waals surface area contributed by atoms with Crippen LogP contribution in [0.3, 0.4) is 0 Å². The number of anilines is 2. The Hall–Kier alpha value is -1.83. The number of halogens is 3. The molecule has 0 saturated carbocycles. The second-order valence-corrected chi connectivity index (χ2v) is 8.71. The van der Waals surface area contributed by atoms with Crippen LogP contribution in [-0.4, -0.2) is 26.6 Å². The van der Waals surface area contributed by atoms with E-state index in [1.54, 1.807) is 25.1 Å². The Morgan fingerprint density at radius 2 is 1.85 bits per heavy atom. The molecule has 27 heavy (non-hydrogen) atoms. The lowest BCUT2D eigenvalue weighted by molar-refractivity contribution is -0.117. The first-order valence-corrected chi connectivity index (χ1v) is 10.7. The number of carbonyl (C=O) groups excluding carboxylic acids is 1. The van der Waals surface area contributed by atoms with E-state index in [1.165, 1.54) is 12.1 Å². The van der Waals surface area contributed by atoms with Gasteiger partial charge in [-0.25, -0.2) is 12.8 Å². The van der Waals surface area contributed by atoms with Crippen LogP contribution in [0.5, 0.6) is 0 Å². The van der Waals surface area contributed by atoms with Crippen molar-refractivity contribution in [3.8, 4) is 0 Å². The Kier molecular flexibility index (Phi) is 6.72. The molecule has 1 N–H and O–H groups in total. The summed E-state index contributed by atoms with van der Waals surface area (Å²) in [6, 6.07) is 7.44. The fourth-order valence-electron chi connectivity index (χ4n) is 2.58. The molecule has 146 valence electrons. The third-order valence-corrected chi connectivity index (χ3v) is 5.80. The molecule has 1 atom stereocenters. The van der Waals surface area contributed by atoms with Gasteiger partial charge in [-0.15, -0.1) is 0 Å². The molecule has 2 aromatic carbocycles. The maximum absolute atomic E-state index is 13.5. The molecule has 0 fully saturated rings. The molecule has 0 bridgehead atoms. The van der Waals surface area contributed by atoms with Gasteiger partial charge in [0.25, 0.3) is 0 Å². The van der Waals surface area contributed by atoms with Crippen molar-refractivity contribution in [3.63, 3.8) is 0 Å². The van der Waals surface area contributed by atoms with Crippen molar-refractivity contribution in [1.82, 2.24) is 0 Å². The summed E-state index contributed by atoms with van der Waals surface area (Å²) in [4.78, 5) is 12.8. The summed E-state index contributed by atoms with van der Waals surface area (Å²) in [6.07, 6.45) is 1.16. The predicted octanol–water partition coefficient (Wildman–Crippen LogP) is 4.62. The molecule has 5 nitrogen and oxygen atoms in total. The third-order valence-electron chi connectivity index (χ3n) is 3.93. The van der Waals surface area contributed by atoms with E-state index in [1.807, 2.05) is 6.92 Å². The van der Waals surface area contributed by atoms with Crippen molar-refractivity contribution in [3.05, 3.63) is 57.8 Å². The highest BCUT2D eigenvalue weighted by Crippen LogP contribution is 2.28. The van der Waals surface area contributed by atoms with Gasteiger partial charge in [0.2, 0.25) is 15.9 Å². The monoisotopic (exact) mass is 432 g/mol. The minimum absolute atomic E-state index is 0.104. The van der Waals surface area contributed by atoms with Gasteiger partial charge in [0.15, 0.2) is 0 Å². The van der Waals surface area contributed by atoms with Gasteiger partial charge in [0, 0.05) is 10.7 Å². The number of hydrogen-bond acceptors (Lipinski definition) is 3. The van der Waals surface area contributed by atoms with Gasteiger partial charge in [0.05, 0.1) is 17.0 Å². The zero-order chi connectivity index (χ0) is 20.4. The SMILES string of the molecule is CC[C@H](C(=O)Nc1ccc(C)c(Cl)c1)N(c1ccc(F)c(Cl)c1)S(C)(=O)=O. The smallest absolute Gasteiger partial charge is 0.248 e. The van der Waals surface area contributed by atoms with Crippen LogP contribution in [0.4, 0.5) is 15.8 Å². The number of amides is 1. The topological polar surface area (TPSA) is 66.5 Å². The fraction of sp³-hybridized carbons (Fsp3) is 0.278. The maximum Gasteiger partial charge on any atom is 0.248 e. The fourth-order valence-corrected chi connectivity index (χ4v) is 4.14. The predicted molar refractivity (Wildman–Crippen MR) is 108 cm³/mol. The first kappa shape index (κ1) is 21.5. The molecule has 0 heterocycles. The van der Waals surface area contributed by atoms with E-state index in [-0.39, 0.29) is 17.1 Å². The van der Waals surface area contributed by atoms with Crippen molar-refractivity contribution >= 4 is 50.5 Å². The zero-order valence-electron chi connectivity index (χ0n) is 15.0. The van der Waals surface area contributed by atoms with Crippen molar-refractivity contribution in [2.45, 2.75) is 26.3 Å². The summed E-state index contributed by atoms with van der Waals surface area (Å²) >= 11 is 11.9. The Balaban J connectivity index is 2.40. The molecule has 0 unspecified atom stereocenters. The van der Waals surface area contributed by atoms with Gasteiger partial charge in [-0.05, 0) is 49.2 Å². The van der Waals surface area contributed by atoms with Crippen LogP contribution in [0.15, 0.2) is 36.4 Å². The molecule has 1 amide bonds. The van der Waals surface area contributed by atoms with Crippen molar-refractivity contribution in [1.29, 1.82) is 0 Å². The van der Waals surface area contributed by atoms with Crippen LogP contribution in [-0.2, 0) is 14.8 Å². The number of carbonyl (C=O) groups is 1. The first-order chi connectivity index (χ1) is 12.5. The zero-order valence-corrected chi connectivity index (χ0v) is 17.3. The van der Waals surface area contributed by atoms with Gasteiger partial charge in [-0.2, -0.15) is 0 Å². The standard InChI is InChI=1S/C18H19Cl2FN2O3S/c1-4-17(18(24)22-12-6-5-11(2)14(19)9-12)23(27(3,25)26)13-7-8-16(21)15(20)10-13/h5-10,17H,4H2,1-3H3,(H,22,24)/t17-/m1/s1. The van der Waals surface area contributed by atoms with Gasteiger partial charge in [-0.1, -0.05) is 36.2 Å². The molecule has 2 aromatic rings. The first-order valence-electron chi connectivity index (χ1n) is 8.06. The summed E-state index contributed by atoms with van der Waals surface area (Å²) in [6.45, 7) is 3.50. The number of sulfonamides is 1. The minimum Gasteiger partial charge on any atom is -0.324 e. The lowest BCUT2D eigenvalue weighted by Gasteiger charge is -2.30. The molecule has 9 heteroatoms. The van der Waals surface area contributed by atoms with Crippen LogP contribution in [0, 0.1) is 12.7 Å². The molecule has 2 rings (SSSR count). The molecular weight excluding hydrogens is 414 g/mol. The Morgan fingerprint density at radius 3 is 2.37 bits per heavy atom. The molecular formula is C18H19Cl2FN2O3S. The highest BCUT2D eigenvalue weighted by molar-refractivity contribution is 7.92. The highest BCUT2D eigenvalue weighted by Gasteiger charge is 2.32. The summed E-state index contributed by atoms with van der Waals surface area (Å²) in [5, 5.41) is 2.92. The van der Waals surface area contributed by atoms with Crippen molar-refractivity contribution in [2.75, 3.05) is 15.9 Å². The summed E-state index contributed by atoms with van der Waals surface area (Å²) in [7, 11) is -3.85. The van der Waals surface area contributed by atoms with Crippen LogP contribution in [0.1, 0.15) is 18.9 Å². The van der Waals surface area contributed by atoms with Gasteiger partial charge in [-0.3, -0.25) is 9.10 Å². The Morgan fingerprint density at radius 1 is 1.19 bits per heavy atom. The van der Waals surface area contributed by atoms with E-state index in [9.17, 15) is 17.6 Å². The molecule has 0 aliphatic rings. The number of nitrogens with one attached hydrogen (secondary N) is 1. The van der Waals surface area contributed by atoms with Crippen LogP contribution in [0.25, 0.3) is 0 Å². The lowest BCUT2D eigenvalue weighted by Crippen LogP contribution is -2.47. The van der Waals surface area contributed by atoms with Crippen LogP contribution in [0.2, 0.25) is 10.0 Å². The summed E-state index contributed by atoms with van der Waals surface area (Å²) in [5.41, 5.74) is 1.40. The summed E-state index contributed by atoms with van der Waals surface area (Å²) in [5.74, 6) is -1.22. The normalized spacial score (nSPS) is 12.5. The second kappa shape index (κ2) is 8.46. The van der Waals surface area contributed by atoms with E-state index in [0.29, 0.717) is 10.7 Å². The van der Waals surface area contributed by atoms with E-state index in [2.05, 4.69) is 5.32 Å². The molecule has 0 aliphatic carbocycles. The largest absolute Gasteiger partial charge is 0.324 e. The molecule has 0 aliphatic heterocycles. The van der Waals surface area contributed by atoms with E-state index in [4.69, 9.17) is 23.2 Å². The number of aryl methyl sites for hydroxylation is 1. The average Bonchev–Trinajstić information content (AvgIpc) is 2.57. The number of rotatable bonds is 6. The van der Waals surface area contributed by atoms with Gasteiger partial charge < -0.3 is 5.32 Å². The Bertz CT molecular complexity index is 967. The van der Waals surface area contributed by atoms with Crippen LogP contribution < -0.4 is 9.62 Å². The molecule has 0 radical (unpaired) electrons. The summed E-state index contributed by atoms with van der Waals surface area (Å²) < 4.78 is 39.1. The minimum atomic E-state index is -3.85. The lowest BCUT2D eigenvalue weighted by atomic mass is 10.1.